The number of hydrazine groups is 1. The lowest BCUT2D eigenvalue weighted by Crippen LogP contribution is -2.62. The zero-order valence-corrected chi connectivity index (χ0v) is 36.2. The van der Waals surface area contributed by atoms with Crippen molar-refractivity contribution >= 4 is 45.5 Å². The SMILES string of the molecule is CCn1c(-c2cccnc2[C@H](C)OC)c2c3cc(ccc31)-c1cc(cc3cn[nH]c13)C[C@H](NC(=O)[C@H](C(C)C)N(C)C(C)=O)C(=O)N1CCC[C@H](N1)C(=O)OCC(C)(C)C2. The summed E-state index contributed by atoms with van der Waals surface area (Å²) < 4.78 is 14.3. The van der Waals surface area contributed by atoms with Gasteiger partial charge in [-0.3, -0.25) is 34.3 Å². The van der Waals surface area contributed by atoms with E-state index < -0.39 is 35.4 Å². The van der Waals surface area contributed by atoms with E-state index in [1.807, 2.05) is 32.9 Å². The quantitative estimate of drug-likeness (QED) is 0.157. The van der Waals surface area contributed by atoms with Crippen LogP contribution < -0.4 is 10.7 Å². The predicted octanol–water partition coefficient (Wildman–Crippen LogP) is 6.13. The van der Waals surface area contributed by atoms with Crippen molar-refractivity contribution in [1.29, 1.82) is 0 Å². The molecule has 14 nitrogen and oxygen atoms in total. The Morgan fingerprint density at radius 2 is 1.90 bits per heavy atom. The number of hydrogen-bond donors (Lipinski definition) is 3. The zero-order chi connectivity index (χ0) is 43.0. The summed E-state index contributed by atoms with van der Waals surface area (Å²) in [5, 5.41) is 14.0. The summed E-state index contributed by atoms with van der Waals surface area (Å²) in [7, 11) is 3.28. The molecular formula is C46H58N8O6. The van der Waals surface area contributed by atoms with Gasteiger partial charge in [0.2, 0.25) is 11.8 Å². The molecule has 2 aromatic carbocycles. The topological polar surface area (TPSA) is 164 Å². The van der Waals surface area contributed by atoms with Crippen molar-refractivity contribution in [2.24, 2.45) is 11.3 Å². The van der Waals surface area contributed by atoms with Gasteiger partial charge in [-0.2, -0.15) is 5.10 Å². The second-order valence-electron chi connectivity index (χ2n) is 17.4. The number of pyridine rings is 1. The van der Waals surface area contributed by atoms with Gasteiger partial charge >= 0.3 is 5.97 Å². The molecule has 0 spiro atoms. The zero-order valence-electron chi connectivity index (χ0n) is 36.2. The third-order valence-corrected chi connectivity index (χ3v) is 12.1. The molecule has 0 saturated carbocycles. The molecule has 3 N–H and O–H groups in total. The van der Waals surface area contributed by atoms with Crippen LogP contribution in [0.15, 0.2) is 54.9 Å². The highest BCUT2D eigenvalue weighted by molar-refractivity contribution is 6.00. The van der Waals surface area contributed by atoms with Gasteiger partial charge in [-0.15, -0.1) is 0 Å². The van der Waals surface area contributed by atoms with Crippen molar-refractivity contribution in [2.45, 2.75) is 105 Å². The Kier molecular flexibility index (Phi) is 12.2. The summed E-state index contributed by atoms with van der Waals surface area (Å²) in [5.74, 6) is -1.75. The lowest BCUT2D eigenvalue weighted by atomic mass is 9.84. The molecule has 318 valence electrons. The van der Waals surface area contributed by atoms with Crippen LogP contribution in [0.1, 0.15) is 84.2 Å². The first kappa shape index (κ1) is 42.5. The summed E-state index contributed by atoms with van der Waals surface area (Å²) in [4.78, 5) is 61.2. The van der Waals surface area contributed by atoms with Crippen LogP contribution in [-0.4, -0.2) is 98.8 Å². The standard InChI is InChI=1S/C46H58N8O6/c1-10-53-38-16-15-30-22-34(38)35(42(53)32-13-11-17-47-39(32)27(4)59-9)23-46(6,7)25-60-45(58)36-14-12-18-54(51-36)44(57)37(49-43(56)41(26(2)3)52(8)28(5)55)21-29-19-31-24-48-50-40(31)33(30)20-29/h11,13,15-17,19-20,22,24,26-27,36-37,41,51H,10,12,14,18,21,23,25H2,1-9H3,(H,48,50)(H,49,56)/t27-,36-,37-,41-/m0/s1. The van der Waals surface area contributed by atoms with Crippen molar-refractivity contribution in [1.82, 2.24) is 40.4 Å². The number of aromatic amines is 1. The van der Waals surface area contributed by atoms with Crippen molar-refractivity contribution in [3.63, 3.8) is 0 Å². The molecule has 0 unspecified atom stereocenters. The number of amides is 3. The maximum atomic E-state index is 14.6. The van der Waals surface area contributed by atoms with E-state index in [4.69, 9.17) is 14.5 Å². The van der Waals surface area contributed by atoms with E-state index in [1.54, 1.807) is 26.6 Å². The fourth-order valence-electron chi connectivity index (χ4n) is 8.94. The molecule has 3 amide bonds. The number of benzene rings is 2. The van der Waals surface area contributed by atoms with E-state index in [0.29, 0.717) is 32.4 Å². The van der Waals surface area contributed by atoms with Crippen molar-refractivity contribution in [2.75, 3.05) is 27.3 Å². The third kappa shape index (κ3) is 8.27. The number of nitrogens with one attached hydrogen (secondary N) is 3. The van der Waals surface area contributed by atoms with Gasteiger partial charge in [-0.1, -0.05) is 33.8 Å². The molecule has 1 fully saturated rings. The number of carbonyl (C=O) groups is 4. The second-order valence-corrected chi connectivity index (χ2v) is 17.4. The molecule has 4 atom stereocenters. The number of methoxy groups -OCH3 is 1. The fourth-order valence-corrected chi connectivity index (χ4v) is 8.94. The molecule has 7 rings (SSSR count). The van der Waals surface area contributed by atoms with Crippen LogP contribution in [0, 0.1) is 11.3 Å². The van der Waals surface area contributed by atoms with Crippen LogP contribution in [-0.2, 0) is 48.0 Å². The Hall–Kier alpha value is -5.60. The van der Waals surface area contributed by atoms with Gasteiger partial charge in [-0.05, 0) is 92.1 Å². The normalized spacial score (nSPS) is 19.5. The molecular weight excluding hydrogens is 761 g/mol. The van der Waals surface area contributed by atoms with E-state index in [1.165, 1.54) is 16.8 Å². The summed E-state index contributed by atoms with van der Waals surface area (Å²) in [6.45, 7) is 14.7. The number of nitrogens with zero attached hydrogens (tertiary/aromatic N) is 5. The smallest absolute Gasteiger partial charge is 0.324 e. The average Bonchev–Trinajstić information content (AvgIpc) is 3.83. The van der Waals surface area contributed by atoms with E-state index in [0.717, 1.165) is 61.0 Å². The van der Waals surface area contributed by atoms with Gasteiger partial charge in [0.25, 0.3) is 5.91 Å². The number of carbonyl (C=O) groups excluding carboxylic acids is 4. The molecule has 0 radical (unpaired) electrons. The molecule has 1 saturated heterocycles. The van der Waals surface area contributed by atoms with E-state index in [9.17, 15) is 19.2 Å². The molecule has 60 heavy (non-hydrogen) atoms. The van der Waals surface area contributed by atoms with Gasteiger partial charge in [0, 0.05) is 79.6 Å². The number of likely N-dealkylation sites (N-methyl/N-ethyl adjacent to an activating group) is 1. The molecule has 5 aromatic rings. The average molecular weight is 819 g/mol. The van der Waals surface area contributed by atoms with Crippen LogP contribution in [0.2, 0.25) is 0 Å². The minimum Gasteiger partial charge on any atom is -0.464 e. The van der Waals surface area contributed by atoms with Crippen LogP contribution in [0.5, 0.6) is 0 Å². The molecule has 2 aliphatic heterocycles. The lowest BCUT2D eigenvalue weighted by Gasteiger charge is -2.36. The summed E-state index contributed by atoms with van der Waals surface area (Å²) in [6.07, 6.45) is 5.07. The lowest BCUT2D eigenvalue weighted by molar-refractivity contribution is -0.155. The largest absolute Gasteiger partial charge is 0.464 e. The molecule has 14 heteroatoms. The van der Waals surface area contributed by atoms with Gasteiger partial charge in [0.15, 0.2) is 0 Å². The summed E-state index contributed by atoms with van der Waals surface area (Å²) in [6, 6.07) is 12.0. The molecule has 5 heterocycles. The Balaban J connectivity index is 1.43. The minimum absolute atomic E-state index is 0.139. The number of fused-ring (bicyclic) bond motifs is 8. The Bertz CT molecular complexity index is 2430. The fraction of sp³-hybridized carbons (Fsp3) is 0.478. The van der Waals surface area contributed by atoms with E-state index >= 15 is 0 Å². The van der Waals surface area contributed by atoms with Gasteiger partial charge < -0.3 is 24.3 Å². The number of aromatic nitrogens is 4. The highest BCUT2D eigenvalue weighted by Crippen LogP contribution is 2.42. The first-order chi connectivity index (χ1) is 28.6. The number of aryl methyl sites for hydroxylation is 1. The Morgan fingerprint density at radius 1 is 1.12 bits per heavy atom. The van der Waals surface area contributed by atoms with Gasteiger partial charge in [0.05, 0.1) is 35.8 Å². The first-order valence-corrected chi connectivity index (χ1v) is 21.0. The number of cyclic esters (lactones) is 1. The minimum atomic E-state index is -1.03. The Morgan fingerprint density at radius 3 is 2.62 bits per heavy atom. The Labute approximate surface area is 351 Å². The molecule has 0 aliphatic carbocycles. The van der Waals surface area contributed by atoms with Crippen molar-refractivity contribution < 1.29 is 28.7 Å². The van der Waals surface area contributed by atoms with Gasteiger partial charge in [0.1, 0.15) is 18.1 Å². The van der Waals surface area contributed by atoms with Gasteiger partial charge in [-0.25, -0.2) is 5.43 Å². The number of hydrogen-bond acceptors (Lipinski definition) is 9. The number of ether oxygens (including phenoxy) is 2. The molecule has 2 aliphatic rings. The number of esters is 1. The number of rotatable bonds is 8. The highest BCUT2D eigenvalue weighted by Gasteiger charge is 2.37. The monoisotopic (exact) mass is 818 g/mol. The van der Waals surface area contributed by atoms with Crippen LogP contribution >= 0.6 is 0 Å². The number of H-pyrrole nitrogens is 1. The van der Waals surface area contributed by atoms with Crippen LogP contribution in [0.4, 0.5) is 0 Å². The van der Waals surface area contributed by atoms with E-state index in [-0.39, 0.29) is 36.9 Å². The summed E-state index contributed by atoms with van der Waals surface area (Å²) in [5.41, 5.74) is 11.1. The third-order valence-electron chi connectivity index (χ3n) is 12.1. The van der Waals surface area contributed by atoms with E-state index in [2.05, 4.69) is 76.6 Å². The maximum Gasteiger partial charge on any atom is 0.324 e. The molecule has 3 aromatic heterocycles. The van der Waals surface area contributed by atoms with Crippen LogP contribution in [0.25, 0.3) is 44.2 Å². The molecule has 6 bridgehead atoms. The van der Waals surface area contributed by atoms with Crippen molar-refractivity contribution in [3.05, 3.63) is 71.7 Å². The maximum absolute atomic E-state index is 14.6. The second kappa shape index (κ2) is 17.2. The summed E-state index contributed by atoms with van der Waals surface area (Å²) >= 11 is 0. The first-order valence-electron chi connectivity index (χ1n) is 21.0. The van der Waals surface area contributed by atoms with Crippen molar-refractivity contribution in [3.8, 4) is 22.4 Å². The van der Waals surface area contributed by atoms with Crippen LogP contribution in [0.3, 0.4) is 0 Å². The highest BCUT2D eigenvalue weighted by atomic mass is 16.5. The predicted molar refractivity (Wildman–Crippen MR) is 230 cm³/mol.